The molecule has 4 rings (SSSR count). The van der Waals surface area contributed by atoms with E-state index in [-0.39, 0.29) is 40.5 Å². The Morgan fingerprint density at radius 1 is 1.00 bits per heavy atom. The molecular weight excluding hydrogens is 412 g/mol. The number of aliphatic hydroxyl groups excluding tert-OH is 3. The Bertz CT molecular complexity index is 774. The number of hydrogen-bond donors (Lipinski definition) is 3. The van der Waals surface area contributed by atoms with Crippen LogP contribution in [0.15, 0.2) is 11.6 Å². The van der Waals surface area contributed by atoms with E-state index < -0.39 is 12.2 Å². The summed E-state index contributed by atoms with van der Waals surface area (Å²) >= 11 is 0. The van der Waals surface area contributed by atoms with Crippen molar-refractivity contribution in [3.63, 3.8) is 0 Å². The van der Waals surface area contributed by atoms with E-state index in [2.05, 4.69) is 41.5 Å². The van der Waals surface area contributed by atoms with Crippen molar-refractivity contribution in [3.8, 4) is 0 Å². The minimum Gasteiger partial charge on any atom is -0.393 e. The summed E-state index contributed by atoms with van der Waals surface area (Å²) in [6.07, 6.45) is 7.78. The molecular formula is C29H48O4. The number of ketones is 1. The molecule has 11 atom stereocenters. The number of rotatable bonds is 6. The van der Waals surface area contributed by atoms with Crippen LogP contribution in [0.25, 0.3) is 0 Å². The molecule has 33 heavy (non-hydrogen) atoms. The van der Waals surface area contributed by atoms with Gasteiger partial charge >= 0.3 is 0 Å². The Labute approximate surface area is 201 Å². The average molecular weight is 461 g/mol. The summed E-state index contributed by atoms with van der Waals surface area (Å²) in [5.41, 5.74) is 1.27. The van der Waals surface area contributed by atoms with E-state index >= 15 is 0 Å². The number of hydrogen-bond acceptors (Lipinski definition) is 4. The van der Waals surface area contributed by atoms with Crippen molar-refractivity contribution < 1.29 is 20.1 Å². The fourth-order valence-electron chi connectivity index (χ4n) is 9.20. The molecule has 0 aliphatic heterocycles. The number of carbonyl (C=O) groups excluding carboxylic acids is 1. The van der Waals surface area contributed by atoms with E-state index in [1.165, 1.54) is 5.57 Å². The molecule has 3 saturated carbocycles. The van der Waals surface area contributed by atoms with E-state index in [1.54, 1.807) is 0 Å². The van der Waals surface area contributed by atoms with Gasteiger partial charge in [-0.15, -0.1) is 0 Å². The van der Waals surface area contributed by atoms with Crippen molar-refractivity contribution in [3.05, 3.63) is 11.6 Å². The summed E-state index contributed by atoms with van der Waals surface area (Å²) in [6, 6.07) is 0. The molecule has 0 aromatic rings. The molecule has 4 aliphatic carbocycles. The maximum atomic E-state index is 13.5. The van der Waals surface area contributed by atoms with Crippen molar-refractivity contribution in [2.24, 2.45) is 52.3 Å². The molecule has 0 amide bonds. The zero-order valence-electron chi connectivity index (χ0n) is 21.8. The molecule has 1 unspecified atom stereocenters. The summed E-state index contributed by atoms with van der Waals surface area (Å²) in [6.45, 7) is 13.2. The topological polar surface area (TPSA) is 77.8 Å². The quantitative estimate of drug-likeness (QED) is 0.512. The summed E-state index contributed by atoms with van der Waals surface area (Å²) in [4.78, 5) is 13.5. The fraction of sp³-hybridized carbons (Fsp3) is 0.897. The minimum atomic E-state index is -0.721. The van der Waals surface area contributed by atoms with Crippen LogP contribution >= 0.6 is 0 Å². The van der Waals surface area contributed by atoms with E-state index in [0.29, 0.717) is 30.1 Å². The molecule has 4 aliphatic rings. The van der Waals surface area contributed by atoms with E-state index in [1.807, 2.05) is 6.08 Å². The number of carbonyl (C=O) groups is 1. The van der Waals surface area contributed by atoms with Crippen molar-refractivity contribution in [2.45, 2.75) is 111 Å². The fourth-order valence-corrected chi connectivity index (χ4v) is 9.20. The van der Waals surface area contributed by atoms with Gasteiger partial charge in [-0.05, 0) is 97.4 Å². The predicted molar refractivity (Wildman–Crippen MR) is 131 cm³/mol. The molecule has 3 N–H and O–H groups in total. The summed E-state index contributed by atoms with van der Waals surface area (Å²) in [5.74, 6) is 1.89. The first-order chi connectivity index (χ1) is 15.5. The average Bonchev–Trinajstić information content (AvgIpc) is 3.11. The molecule has 3 fully saturated rings. The lowest BCUT2D eigenvalue weighted by Gasteiger charge is -2.57. The van der Waals surface area contributed by atoms with Crippen LogP contribution in [-0.4, -0.2) is 39.4 Å². The monoisotopic (exact) mass is 460 g/mol. The van der Waals surface area contributed by atoms with Crippen LogP contribution in [0.3, 0.4) is 0 Å². The summed E-state index contributed by atoms with van der Waals surface area (Å²) in [5, 5.41) is 32.5. The maximum Gasteiger partial charge on any atom is 0.159 e. The van der Waals surface area contributed by atoms with Gasteiger partial charge < -0.3 is 15.3 Å². The third-order valence-corrected chi connectivity index (χ3v) is 11.3. The van der Waals surface area contributed by atoms with Crippen LogP contribution in [0.2, 0.25) is 0 Å². The third kappa shape index (κ3) is 3.96. The van der Waals surface area contributed by atoms with Crippen molar-refractivity contribution >= 4 is 5.78 Å². The van der Waals surface area contributed by atoms with Crippen LogP contribution in [0.5, 0.6) is 0 Å². The van der Waals surface area contributed by atoms with Gasteiger partial charge in [-0.3, -0.25) is 4.79 Å². The second-order valence-electron chi connectivity index (χ2n) is 13.0. The maximum absolute atomic E-state index is 13.5. The molecule has 0 spiro atoms. The van der Waals surface area contributed by atoms with Crippen LogP contribution in [0.4, 0.5) is 0 Å². The lowest BCUT2D eigenvalue weighted by molar-refractivity contribution is -0.137. The molecule has 0 bridgehead atoms. The minimum absolute atomic E-state index is 0.0181. The first kappa shape index (κ1) is 25.4. The standard InChI is InChI=1S/C29H48O4/c1-7-20(16(2)3)27(33)26(32)17(4)21-8-9-22-25-23(11-13-29(21,22)6)28(5)12-10-19(30)14-18(28)15-24(25)31/h15-17,19-23,25-27,30,32-33H,7-14H2,1-6H3/t17-,19-,20?,21+,22-,23-,25-,26+,27+,28-,29+/m0/s1. The first-order valence-electron chi connectivity index (χ1n) is 13.7. The highest BCUT2D eigenvalue weighted by Gasteiger charge is 2.62. The van der Waals surface area contributed by atoms with Gasteiger partial charge in [0.25, 0.3) is 0 Å². The zero-order valence-corrected chi connectivity index (χ0v) is 21.8. The van der Waals surface area contributed by atoms with Gasteiger partial charge in [-0.2, -0.15) is 0 Å². The Kier molecular flexibility index (Phi) is 6.97. The summed E-state index contributed by atoms with van der Waals surface area (Å²) in [7, 11) is 0. The Hall–Kier alpha value is -0.710. The molecule has 0 aromatic carbocycles. The van der Waals surface area contributed by atoms with Crippen molar-refractivity contribution in [2.75, 3.05) is 0 Å². The van der Waals surface area contributed by atoms with Gasteiger partial charge in [0.2, 0.25) is 0 Å². The van der Waals surface area contributed by atoms with Crippen molar-refractivity contribution in [1.82, 2.24) is 0 Å². The number of aliphatic hydroxyl groups is 3. The number of fused-ring (bicyclic) bond motifs is 5. The second-order valence-corrected chi connectivity index (χ2v) is 13.0. The Balaban J connectivity index is 1.57. The predicted octanol–water partition coefficient (Wildman–Crippen LogP) is 5.15. The normalized spacial score (nSPS) is 44.4. The number of allylic oxidation sites excluding steroid dienone is 1. The van der Waals surface area contributed by atoms with Gasteiger partial charge in [-0.1, -0.05) is 53.5 Å². The van der Waals surface area contributed by atoms with E-state index in [9.17, 15) is 20.1 Å². The highest BCUT2D eigenvalue weighted by atomic mass is 16.3. The van der Waals surface area contributed by atoms with Crippen LogP contribution < -0.4 is 0 Å². The molecule has 0 saturated heterocycles. The third-order valence-electron chi connectivity index (χ3n) is 11.3. The van der Waals surface area contributed by atoms with Crippen LogP contribution in [0.1, 0.15) is 92.9 Å². The molecule has 0 aromatic heterocycles. The van der Waals surface area contributed by atoms with E-state index in [4.69, 9.17) is 0 Å². The van der Waals surface area contributed by atoms with Gasteiger partial charge in [0.1, 0.15) is 0 Å². The first-order valence-corrected chi connectivity index (χ1v) is 13.7. The van der Waals surface area contributed by atoms with Crippen LogP contribution in [-0.2, 0) is 4.79 Å². The highest BCUT2D eigenvalue weighted by molar-refractivity contribution is 5.94. The second kappa shape index (κ2) is 9.06. The van der Waals surface area contributed by atoms with E-state index in [0.717, 1.165) is 44.9 Å². The molecule has 188 valence electrons. The molecule has 0 heterocycles. The van der Waals surface area contributed by atoms with Gasteiger partial charge in [-0.25, -0.2) is 0 Å². The van der Waals surface area contributed by atoms with Gasteiger partial charge in [0.05, 0.1) is 18.3 Å². The van der Waals surface area contributed by atoms with Crippen LogP contribution in [0, 0.1) is 52.3 Å². The largest absolute Gasteiger partial charge is 0.393 e. The molecule has 4 nitrogen and oxygen atoms in total. The van der Waals surface area contributed by atoms with Crippen molar-refractivity contribution in [1.29, 1.82) is 0 Å². The molecule has 0 radical (unpaired) electrons. The highest BCUT2D eigenvalue weighted by Crippen LogP contribution is 2.66. The van der Waals surface area contributed by atoms with Gasteiger partial charge in [0, 0.05) is 5.92 Å². The molecule has 4 heteroatoms. The lowest BCUT2D eigenvalue weighted by Crippen LogP contribution is -2.54. The smallest absolute Gasteiger partial charge is 0.159 e. The lowest BCUT2D eigenvalue weighted by atomic mass is 9.46. The summed E-state index contributed by atoms with van der Waals surface area (Å²) < 4.78 is 0. The Morgan fingerprint density at radius 2 is 1.70 bits per heavy atom. The zero-order chi connectivity index (χ0) is 24.3. The SMILES string of the molecule is CCC(C(C)C)[C@@H](O)[C@H](O)[C@@H](C)[C@H]1CC[C@H]2[C@@H]3C(=O)C=C4C[C@@H](O)CC[C@]4(C)[C@H]3CC[C@]12C. The van der Waals surface area contributed by atoms with Gasteiger partial charge in [0.15, 0.2) is 5.78 Å². The Morgan fingerprint density at radius 3 is 2.33 bits per heavy atom.